The first-order valence-corrected chi connectivity index (χ1v) is 4.19. The van der Waals surface area contributed by atoms with Crippen molar-refractivity contribution >= 4 is 12.1 Å². The molecule has 0 unspecified atom stereocenters. The van der Waals surface area contributed by atoms with E-state index in [1.54, 1.807) is 23.3 Å². The van der Waals surface area contributed by atoms with Gasteiger partial charge in [-0.05, 0) is 6.42 Å². The van der Waals surface area contributed by atoms with Crippen LogP contribution in [0.15, 0.2) is 25.3 Å². The molecule has 4 heteroatoms. The van der Waals surface area contributed by atoms with Gasteiger partial charge in [0.15, 0.2) is 0 Å². The van der Waals surface area contributed by atoms with E-state index in [4.69, 9.17) is 0 Å². The van der Waals surface area contributed by atoms with Gasteiger partial charge in [-0.1, -0.05) is 6.58 Å². The Bertz CT molecular complexity index is 258. The standard InChI is InChI=1S/C5H6N2.C4H7NO/c1-2-7-4-3-6-5-7;6-4-2-1-3-5-4/h2-5H,1H2;1-3H2,(H,5,6). The second-order valence-corrected chi connectivity index (χ2v) is 2.65. The van der Waals surface area contributed by atoms with Crippen LogP contribution >= 0.6 is 0 Å². The van der Waals surface area contributed by atoms with Gasteiger partial charge in [-0.25, -0.2) is 4.98 Å². The van der Waals surface area contributed by atoms with Crippen molar-refractivity contribution in [2.24, 2.45) is 0 Å². The molecule has 0 radical (unpaired) electrons. The van der Waals surface area contributed by atoms with Gasteiger partial charge >= 0.3 is 0 Å². The highest BCUT2D eigenvalue weighted by molar-refractivity contribution is 5.77. The molecule has 0 aromatic carbocycles. The van der Waals surface area contributed by atoms with Gasteiger partial charge < -0.3 is 9.88 Å². The molecule has 1 aliphatic rings. The van der Waals surface area contributed by atoms with Crippen molar-refractivity contribution in [3.8, 4) is 0 Å². The van der Waals surface area contributed by atoms with Crippen LogP contribution < -0.4 is 5.32 Å². The average Bonchev–Trinajstić information content (AvgIpc) is 2.76. The molecule has 1 aromatic heterocycles. The summed E-state index contributed by atoms with van der Waals surface area (Å²) in [5, 5.41) is 2.68. The van der Waals surface area contributed by atoms with Crippen LogP contribution in [0.25, 0.3) is 6.20 Å². The van der Waals surface area contributed by atoms with E-state index in [2.05, 4.69) is 16.9 Å². The van der Waals surface area contributed by atoms with Crippen LogP contribution in [0, 0.1) is 0 Å². The molecule has 2 heterocycles. The van der Waals surface area contributed by atoms with Crippen molar-refractivity contribution in [1.29, 1.82) is 0 Å². The third-order valence-corrected chi connectivity index (χ3v) is 1.64. The van der Waals surface area contributed by atoms with E-state index in [1.807, 2.05) is 6.20 Å². The number of nitrogens with zero attached hydrogens (tertiary/aromatic N) is 2. The van der Waals surface area contributed by atoms with Gasteiger partial charge in [0.05, 0.1) is 6.33 Å². The van der Waals surface area contributed by atoms with E-state index < -0.39 is 0 Å². The summed E-state index contributed by atoms with van der Waals surface area (Å²) in [6.45, 7) is 4.41. The van der Waals surface area contributed by atoms with Gasteiger partial charge in [0.2, 0.25) is 5.91 Å². The average molecular weight is 179 g/mol. The summed E-state index contributed by atoms with van der Waals surface area (Å²) in [7, 11) is 0. The SMILES string of the molecule is C=Cn1ccnc1.O=C1CCCN1. The fraction of sp³-hybridized carbons (Fsp3) is 0.333. The van der Waals surface area contributed by atoms with E-state index in [9.17, 15) is 4.79 Å². The van der Waals surface area contributed by atoms with Crippen LogP contribution in [-0.2, 0) is 4.79 Å². The zero-order valence-electron chi connectivity index (χ0n) is 7.44. The molecule has 1 aliphatic heterocycles. The predicted octanol–water partition coefficient (Wildman–Crippen LogP) is 0.880. The van der Waals surface area contributed by atoms with Gasteiger partial charge in [0.1, 0.15) is 0 Å². The highest BCUT2D eigenvalue weighted by Crippen LogP contribution is 1.93. The molecule has 13 heavy (non-hydrogen) atoms. The molecule has 1 amide bonds. The summed E-state index contributed by atoms with van der Waals surface area (Å²) >= 11 is 0. The van der Waals surface area contributed by atoms with Crippen LogP contribution in [0.5, 0.6) is 0 Å². The molecule has 0 atom stereocenters. The Morgan fingerprint density at radius 1 is 1.69 bits per heavy atom. The number of imidazole rings is 1. The summed E-state index contributed by atoms with van der Waals surface area (Å²) in [6, 6.07) is 0. The molecule has 0 saturated carbocycles. The Labute approximate surface area is 77.3 Å². The normalized spacial score (nSPS) is 14.3. The van der Waals surface area contributed by atoms with E-state index in [1.165, 1.54) is 0 Å². The van der Waals surface area contributed by atoms with Gasteiger partial charge in [0.25, 0.3) is 0 Å². The molecule has 4 nitrogen and oxygen atoms in total. The van der Waals surface area contributed by atoms with Crippen molar-refractivity contribution in [1.82, 2.24) is 14.9 Å². The lowest BCUT2D eigenvalue weighted by molar-refractivity contribution is -0.119. The maximum atomic E-state index is 10.1. The Morgan fingerprint density at radius 2 is 2.54 bits per heavy atom. The van der Waals surface area contributed by atoms with E-state index in [0.717, 1.165) is 19.4 Å². The zero-order valence-corrected chi connectivity index (χ0v) is 7.44. The monoisotopic (exact) mass is 179 g/mol. The van der Waals surface area contributed by atoms with Crippen LogP contribution in [0.1, 0.15) is 12.8 Å². The Kier molecular flexibility index (Phi) is 3.75. The number of amides is 1. The molecule has 1 N–H and O–H groups in total. The van der Waals surface area contributed by atoms with Crippen molar-refractivity contribution in [2.45, 2.75) is 12.8 Å². The molecule has 70 valence electrons. The second kappa shape index (κ2) is 5.13. The molecule has 1 saturated heterocycles. The Balaban J connectivity index is 0.000000132. The summed E-state index contributed by atoms with van der Waals surface area (Å²) in [4.78, 5) is 13.9. The third kappa shape index (κ3) is 3.55. The maximum absolute atomic E-state index is 10.1. The van der Waals surface area contributed by atoms with Crippen LogP contribution in [0.4, 0.5) is 0 Å². The zero-order chi connectivity index (χ0) is 9.52. The molecule has 1 fully saturated rings. The van der Waals surface area contributed by atoms with Gasteiger partial charge in [0, 0.05) is 31.6 Å². The number of aromatic nitrogens is 2. The molecule has 2 rings (SSSR count). The summed E-state index contributed by atoms with van der Waals surface area (Å²) in [5.41, 5.74) is 0. The van der Waals surface area contributed by atoms with E-state index in [-0.39, 0.29) is 5.91 Å². The molecular weight excluding hydrogens is 166 g/mol. The minimum Gasteiger partial charge on any atom is -0.356 e. The van der Waals surface area contributed by atoms with Crippen molar-refractivity contribution in [2.75, 3.05) is 6.54 Å². The third-order valence-electron chi connectivity index (χ3n) is 1.64. The molecule has 0 spiro atoms. The lowest BCUT2D eigenvalue weighted by Gasteiger charge is -1.80. The molecule has 1 aromatic rings. The van der Waals surface area contributed by atoms with E-state index in [0.29, 0.717) is 0 Å². The highest BCUT2D eigenvalue weighted by Gasteiger charge is 2.05. The largest absolute Gasteiger partial charge is 0.356 e. The maximum Gasteiger partial charge on any atom is 0.220 e. The fourth-order valence-electron chi connectivity index (χ4n) is 0.943. The fourth-order valence-corrected chi connectivity index (χ4v) is 0.943. The van der Waals surface area contributed by atoms with Gasteiger partial charge in [-0.3, -0.25) is 4.79 Å². The molecule has 0 bridgehead atoms. The van der Waals surface area contributed by atoms with Crippen molar-refractivity contribution < 1.29 is 4.79 Å². The topological polar surface area (TPSA) is 46.9 Å². The first-order chi connectivity index (χ1) is 6.33. The van der Waals surface area contributed by atoms with Gasteiger partial charge in [-0.15, -0.1) is 0 Å². The van der Waals surface area contributed by atoms with Gasteiger partial charge in [-0.2, -0.15) is 0 Å². The second-order valence-electron chi connectivity index (χ2n) is 2.65. The Hall–Kier alpha value is -1.58. The summed E-state index contributed by atoms with van der Waals surface area (Å²) in [6.07, 6.45) is 8.67. The minimum absolute atomic E-state index is 0.204. The smallest absolute Gasteiger partial charge is 0.220 e. The molecule has 0 aliphatic carbocycles. The van der Waals surface area contributed by atoms with Crippen LogP contribution in [-0.4, -0.2) is 22.0 Å². The lowest BCUT2D eigenvalue weighted by Crippen LogP contribution is -2.12. The highest BCUT2D eigenvalue weighted by atomic mass is 16.1. The van der Waals surface area contributed by atoms with Crippen LogP contribution in [0.2, 0.25) is 0 Å². The van der Waals surface area contributed by atoms with E-state index >= 15 is 0 Å². The minimum atomic E-state index is 0.204. The number of nitrogens with one attached hydrogen (secondary N) is 1. The number of rotatable bonds is 1. The quantitative estimate of drug-likeness (QED) is 0.695. The first-order valence-electron chi connectivity index (χ1n) is 4.19. The Morgan fingerprint density at radius 3 is 2.77 bits per heavy atom. The predicted molar refractivity (Wildman–Crippen MR) is 50.9 cm³/mol. The lowest BCUT2D eigenvalue weighted by atomic mass is 10.4. The van der Waals surface area contributed by atoms with Crippen LogP contribution in [0.3, 0.4) is 0 Å². The summed E-state index contributed by atoms with van der Waals surface area (Å²) in [5.74, 6) is 0.204. The summed E-state index contributed by atoms with van der Waals surface area (Å²) < 4.78 is 1.78. The molecular formula is C9H13N3O. The number of hydrogen-bond donors (Lipinski definition) is 1. The first kappa shape index (κ1) is 9.51. The number of hydrogen-bond acceptors (Lipinski definition) is 2. The van der Waals surface area contributed by atoms with Crippen molar-refractivity contribution in [3.05, 3.63) is 25.3 Å². The number of carbonyl (C=O) groups is 1. The van der Waals surface area contributed by atoms with Crippen molar-refractivity contribution in [3.63, 3.8) is 0 Å². The number of carbonyl (C=O) groups excluding carboxylic acids is 1.